The van der Waals surface area contributed by atoms with Crippen LogP contribution >= 0.6 is 0 Å². The van der Waals surface area contributed by atoms with Gasteiger partial charge in [-0.05, 0) is 54.6 Å². The molecule has 1 aromatic heterocycles. The molecule has 0 bridgehead atoms. The van der Waals surface area contributed by atoms with E-state index in [1.165, 1.54) is 36.4 Å². The van der Waals surface area contributed by atoms with Gasteiger partial charge in [-0.15, -0.1) is 0 Å². The summed E-state index contributed by atoms with van der Waals surface area (Å²) in [7, 11) is 0. The molecule has 0 N–H and O–H groups in total. The highest BCUT2D eigenvalue weighted by atomic mass is 19.1. The van der Waals surface area contributed by atoms with Gasteiger partial charge in [-0.25, -0.2) is 8.78 Å². The SMILES string of the molecule is O=C(/C=C/c1ccc(COc2cc(F)ccc2[N+](=O)[O-])o1)c1ccc(F)cc1. The lowest BCUT2D eigenvalue weighted by Crippen LogP contribution is -1.99. The Morgan fingerprint density at radius 2 is 1.79 bits per heavy atom. The van der Waals surface area contributed by atoms with Crippen molar-refractivity contribution >= 4 is 17.5 Å². The summed E-state index contributed by atoms with van der Waals surface area (Å²) in [5, 5.41) is 11.0. The van der Waals surface area contributed by atoms with E-state index in [1.807, 2.05) is 0 Å². The lowest BCUT2D eigenvalue weighted by atomic mass is 10.1. The van der Waals surface area contributed by atoms with E-state index in [2.05, 4.69) is 0 Å². The van der Waals surface area contributed by atoms with Gasteiger partial charge in [0.2, 0.25) is 0 Å². The number of halogens is 2. The predicted molar refractivity (Wildman–Crippen MR) is 95.9 cm³/mol. The van der Waals surface area contributed by atoms with Gasteiger partial charge in [0, 0.05) is 17.7 Å². The predicted octanol–water partition coefficient (Wildman–Crippen LogP) is 4.94. The second-order valence-electron chi connectivity index (χ2n) is 5.67. The molecule has 0 fully saturated rings. The third kappa shape index (κ3) is 4.67. The Morgan fingerprint density at radius 1 is 1.07 bits per heavy atom. The number of nitro benzene ring substituents is 1. The van der Waals surface area contributed by atoms with Crippen molar-refractivity contribution in [1.82, 2.24) is 0 Å². The molecule has 0 saturated heterocycles. The Balaban J connectivity index is 1.65. The van der Waals surface area contributed by atoms with Gasteiger partial charge in [-0.3, -0.25) is 14.9 Å². The second kappa shape index (κ2) is 8.26. The lowest BCUT2D eigenvalue weighted by molar-refractivity contribution is -0.386. The molecule has 2 aromatic carbocycles. The number of benzene rings is 2. The minimum Gasteiger partial charge on any atom is -0.479 e. The highest BCUT2D eigenvalue weighted by Crippen LogP contribution is 2.28. The van der Waals surface area contributed by atoms with Gasteiger partial charge in [-0.2, -0.15) is 0 Å². The molecule has 0 spiro atoms. The molecule has 8 heteroatoms. The molecule has 0 atom stereocenters. The Morgan fingerprint density at radius 3 is 2.50 bits per heavy atom. The Labute approximate surface area is 157 Å². The summed E-state index contributed by atoms with van der Waals surface area (Å²) in [6.07, 6.45) is 2.70. The summed E-state index contributed by atoms with van der Waals surface area (Å²) in [6, 6.07) is 11.2. The number of carbonyl (C=O) groups excluding carboxylic acids is 1. The van der Waals surface area contributed by atoms with Crippen molar-refractivity contribution in [3.63, 3.8) is 0 Å². The van der Waals surface area contributed by atoms with Gasteiger partial charge in [0.15, 0.2) is 11.5 Å². The normalized spacial score (nSPS) is 10.9. The van der Waals surface area contributed by atoms with Crippen LogP contribution in [0.2, 0.25) is 0 Å². The summed E-state index contributed by atoms with van der Waals surface area (Å²) in [5.41, 5.74) is -0.0378. The van der Waals surface area contributed by atoms with Crippen molar-refractivity contribution in [3.05, 3.63) is 99.5 Å². The highest BCUT2D eigenvalue weighted by Gasteiger charge is 2.16. The van der Waals surface area contributed by atoms with E-state index in [-0.39, 0.29) is 23.8 Å². The molecule has 0 radical (unpaired) electrons. The molecule has 0 aliphatic rings. The highest BCUT2D eigenvalue weighted by molar-refractivity contribution is 6.06. The van der Waals surface area contributed by atoms with Gasteiger partial charge in [0.1, 0.15) is 29.8 Å². The van der Waals surface area contributed by atoms with Crippen molar-refractivity contribution in [2.75, 3.05) is 0 Å². The molecule has 142 valence electrons. The molecule has 6 nitrogen and oxygen atoms in total. The first kappa shape index (κ1) is 19.0. The molecule has 0 aliphatic heterocycles. The van der Waals surface area contributed by atoms with Crippen LogP contribution < -0.4 is 4.74 Å². The van der Waals surface area contributed by atoms with Crippen LogP contribution in [0, 0.1) is 21.7 Å². The van der Waals surface area contributed by atoms with E-state index in [0.29, 0.717) is 17.1 Å². The Kier molecular flexibility index (Phi) is 5.59. The molecule has 0 amide bonds. The van der Waals surface area contributed by atoms with Gasteiger partial charge in [0.05, 0.1) is 4.92 Å². The van der Waals surface area contributed by atoms with Crippen molar-refractivity contribution < 1.29 is 27.7 Å². The molecule has 0 unspecified atom stereocenters. The van der Waals surface area contributed by atoms with Crippen molar-refractivity contribution in [3.8, 4) is 5.75 Å². The van der Waals surface area contributed by atoms with Crippen LogP contribution in [-0.2, 0) is 6.61 Å². The number of ketones is 1. The summed E-state index contributed by atoms with van der Waals surface area (Å²) in [4.78, 5) is 22.3. The number of hydrogen-bond donors (Lipinski definition) is 0. The second-order valence-corrected chi connectivity index (χ2v) is 5.67. The van der Waals surface area contributed by atoms with Crippen molar-refractivity contribution in [2.45, 2.75) is 6.61 Å². The summed E-state index contributed by atoms with van der Waals surface area (Å²) >= 11 is 0. The molecular formula is C20H13F2NO5. The zero-order chi connectivity index (χ0) is 20.1. The zero-order valence-electron chi connectivity index (χ0n) is 14.3. The summed E-state index contributed by atoms with van der Waals surface area (Å²) in [6.45, 7) is -0.163. The fourth-order valence-corrected chi connectivity index (χ4v) is 2.33. The van der Waals surface area contributed by atoms with Crippen LogP contribution in [0.15, 0.2) is 65.1 Å². The fourth-order valence-electron chi connectivity index (χ4n) is 2.33. The lowest BCUT2D eigenvalue weighted by Gasteiger charge is -2.05. The van der Waals surface area contributed by atoms with Crippen LogP contribution in [0.3, 0.4) is 0 Å². The van der Waals surface area contributed by atoms with Gasteiger partial charge in [0.25, 0.3) is 0 Å². The van der Waals surface area contributed by atoms with E-state index in [1.54, 1.807) is 12.1 Å². The average Bonchev–Trinajstić information content (AvgIpc) is 3.12. The molecular weight excluding hydrogens is 372 g/mol. The van der Waals surface area contributed by atoms with Crippen LogP contribution in [0.1, 0.15) is 21.9 Å². The maximum atomic E-state index is 13.3. The monoisotopic (exact) mass is 385 g/mol. The van der Waals surface area contributed by atoms with E-state index in [9.17, 15) is 23.7 Å². The fraction of sp³-hybridized carbons (Fsp3) is 0.0500. The average molecular weight is 385 g/mol. The van der Waals surface area contributed by atoms with E-state index in [4.69, 9.17) is 9.15 Å². The quantitative estimate of drug-likeness (QED) is 0.249. The number of furan rings is 1. The van der Waals surface area contributed by atoms with Crippen molar-refractivity contribution in [1.29, 1.82) is 0 Å². The van der Waals surface area contributed by atoms with Gasteiger partial charge in [-0.1, -0.05) is 0 Å². The number of carbonyl (C=O) groups is 1. The summed E-state index contributed by atoms with van der Waals surface area (Å²) < 4.78 is 36.9. The van der Waals surface area contributed by atoms with Crippen LogP contribution in [0.5, 0.6) is 5.75 Å². The topological polar surface area (TPSA) is 82.6 Å². The molecule has 0 aliphatic carbocycles. The Bertz CT molecular complexity index is 1040. The van der Waals surface area contributed by atoms with Gasteiger partial charge >= 0.3 is 5.69 Å². The van der Waals surface area contributed by atoms with Crippen LogP contribution in [0.4, 0.5) is 14.5 Å². The standard InChI is InChI=1S/C20H13F2NO5/c21-14-3-1-13(2-4-14)19(24)10-8-16-6-7-17(28-16)12-27-20-11-15(22)5-9-18(20)23(25)26/h1-11H,12H2/b10-8+. The molecule has 1 heterocycles. The van der Waals surface area contributed by atoms with E-state index >= 15 is 0 Å². The number of nitro groups is 1. The number of ether oxygens (including phenoxy) is 1. The summed E-state index contributed by atoms with van der Waals surface area (Å²) in [5.74, 6) is -0.970. The number of allylic oxidation sites excluding steroid dienone is 1. The third-order valence-electron chi connectivity index (χ3n) is 3.70. The first-order chi connectivity index (χ1) is 13.4. The minimum atomic E-state index is -0.674. The molecule has 28 heavy (non-hydrogen) atoms. The molecule has 3 aromatic rings. The van der Waals surface area contributed by atoms with Crippen LogP contribution in [0.25, 0.3) is 6.08 Å². The molecule has 0 saturated carbocycles. The molecule has 3 rings (SSSR count). The number of nitrogens with zero attached hydrogens (tertiary/aromatic N) is 1. The first-order valence-corrected chi connectivity index (χ1v) is 8.06. The third-order valence-corrected chi connectivity index (χ3v) is 3.70. The first-order valence-electron chi connectivity index (χ1n) is 8.06. The van der Waals surface area contributed by atoms with E-state index in [0.717, 1.165) is 18.2 Å². The zero-order valence-corrected chi connectivity index (χ0v) is 14.3. The van der Waals surface area contributed by atoms with Crippen LogP contribution in [-0.4, -0.2) is 10.7 Å². The van der Waals surface area contributed by atoms with Gasteiger partial charge < -0.3 is 9.15 Å². The largest absolute Gasteiger partial charge is 0.479 e. The maximum Gasteiger partial charge on any atom is 0.311 e. The maximum absolute atomic E-state index is 13.3. The Hall–Kier alpha value is -3.81. The smallest absolute Gasteiger partial charge is 0.311 e. The number of rotatable bonds is 7. The minimum absolute atomic E-state index is 0.163. The van der Waals surface area contributed by atoms with Crippen molar-refractivity contribution in [2.24, 2.45) is 0 Å². The van der Waals surface area contributed by atoms with E-state index < -0.39 is 16.6 Å². The number of hydrogen-bond acceptors (Lipinski definition) is 5.